The average Bonchev–Trinajstić information content (AvgIpc) is 3.03. The van der Waals surface area contributed by atoms with Crippen LogP contribution in [0.4, 0.5) is 4.79 Å². The van der Waals surface area contributed by atoms with Crippen molar-refractivity contribution in [3.8, 4) is 0 Å². The zero-order valence-electron chi connectivity index (χ0n) is 14.1. The Labute approximate surface area is 134 Å². The van der Waals surface area contributed by atoms with Gasteiger partial charge in [0, 0.05) is 19.6 Å². The lowest BCUT2D eigenvalue weighted by Gasteiger charge is -2.31. The second-order valence-corrected chi connectivity index (χ2v) is 6.78. The van der Waals surface area contributed by atoms with Crippen LogP contribution in [0.15, 0.2) is 0 Å². The summed E-state index contributed by atoms with van der Waals surface area (Å²) in [4.78, 5) is 26.0. The SMILES string of the molecule is CCCCC1CCC(NC(=O)N2CCC[C@H]2C(=O)NC)CC1. The lowest BCUT2D eigenvalue weighted by Crippen LogP contribution is -2.51. The van der Waals surface area contributed by atoms with Crippen LogP contribution in [0.3, 0.4) is 0 Å². The summed E-state index contributed by atoms with van der Waals surface area (Å²) in [5.74, 6) is 0.800. The van der Waals surface area contributed by atoms with Crippen LogP contribution in [0.1, 0.15) is 64.7 Å². The van der Waals surface area contributed by atoms with Crippen molar-refractivity contribution in [2.75, 3.05) is 13.6 Å². The zero-order valence-corrected chi connectivity index (χ0v) is 14.1. The molecule has 2 N–H and O–H groups in total. The first-order valence-electron chi connectivity index (χ1n) is 8.94. The van der Waals surface area contributed by atoms with Gasteiger partial charge in [-0.3, -0.25) is 4.79 Å². The first-order chi connectivity index (χ1) is 10.7. The fourth-order valence-corrected chi connectivity index (χ4v) is 3.79. The zero-order chi connectivity index (χ0) is 15.9. The minimum Gasteiger partial charge on any atom is -0.357 e. The molecule has 1 saturated carbocycles. The molecule has 1 atom stereocenters. The highest BCUT2D eigenvalue weighted by molar-refractivity contribution is 5.87. The van der Waals surface area contributed by atoms with Gasteiger partial charge in [-0.2, -0.15) is 0 Å². The van der Waals surface area contributed by atoms with Gasteiger partial charge < -0.3 is 15.5 Å². The smallest absolute Gasteiger partial charge is 0.318 e. The van der Waals surface area contributed by atoms with E-state index in [4.69, 9.17) is 0 Å². The molecule has 2 aliphatic rings. The standard InChI is InChI=1S/C17H31N3O2/c1-3-4-6-13-8-10-14(11-9-13)19-17(22)20-12-5-7-15(20)16(21)18-2/h13-15H,3-12H2,1-2H3,(H,18,21)(H,19,22)/t13?,14?,15-/m0/s1. The first-order valence-corrected chi connectivity index (χ1v) is 8.94. The molecule has 1 heterocycles. The molecule has 1 aliphatic carbocycles. The Morgan fingerprint density at radius 2 is 1.86 bits per heavy atom. The number of hydrogen-bond donors (Lipinski definition) is 2. The molecule has 0 aromatic carbocycles. The van der Waals surface area contributed by atoms with E-state index in [2.05, 4.69) is 17.6 Å². The second-order valence-electron chi connectivity index (χ2n) is 6.78. The summed E-state index contributed by atoms with van der Waals surface area (Å²) in [5, 5.41) is 5.81. The van der Waals surface area contributed by atoms with Gasteiger partial charge in [0.05, 0.1) is 0 Å². The lowest BCUT2D eigenvalue weighted by atomic mass is 9.83. The van der Waals surface area contributed by atoms with Gasteiger partial charge in [0.25, 0.3) is 0 Å². The lowest BCUT2D eigenvalue weighted by molar-refractivity contribution is -0.124. The number of carbonyl (C=O) groups excluding carboxylic acids is 2. The normalized spacial score (nSPS) is 28.5. The maximum absolute atomic E-state index is 12.4. The van der Waals surface area contributed by atoms with Crippen molar-refractivity contribution in [2.45, 2.75) is 76.8 Å². The minimum atomic E-state index is -0.286. The third-order valence-corrected chi connectivity index (χ3v) is 5.20. The number of unbranched alkanes of at least 4 members (excludes halogenated alkanes) is 1. The third-order valence-electron chi connectivity index (χ3n) is 5.20. The van der Waals surface area contributed by atoms with Crippen molar-refractivity contribution in [1.29, 1.82) is 0 Å². The van der Waals surface area contributed by atoms with E-state index in [1.807, 2.05) is 0 Å². The molecule has 3 amide bonds. The third kappa shape index (κ3) is 4.37. The molecule has 1 aliphatic heterocycles. The van der Waals surface area contributed by atoms with Crippen LogP contribution < -0.4 is 10.6 Å². The van der Waals surface area contributed by atoms with Gasteiger partial charge in [-0.15, -0.1) is 0 Å². The van der Waals surface area contributed by atoms with Crippen LogP contribution in [0.2, 0.25) is 0 Å². The molecule has 2 rings (SSSR count). The molecule has 0 unspecified atom stereocenters. The van der Waals surface area contributed by atoms with E-state index < -0.39 is 0 Å². The summed E-state index contributed by atoms with van der Waals surface area (Å²) in [6.07, 6.45) is 10.2. The number of likely N-dealkylation sites (N-methyl/N-ethyl adjacent to an activating group) is 1. The van der Waals surface area contributed by atoms with Crippen molar-refractivity contribution in [2.24, 2.45) is 5.92 Å². The second kappa shape index (κ2) is 8.39. The fraction of sp³-hybridized carbons (Fsp3) is 0.882. The maximum atomic E-state index is 12.4. The Kier molecular flexibility index (Phi) is 6.52. The Balaban J connectivity index is 1.77. The first kappa shape index (κ1) is 17.1. The minimum absolute atomic E-state index is 0.0454. The predicted octanol–water partition coefficient (Wildman–Crippen LogP) is 2.66. The van der Waals surface area contributed by atoms with Crippen LogP contribution in [0.25, 0.3) is 0 Å². The van der Waals surface area contributed by atoms with Crippen molar-refractivity contribution < 1.29 is 9.59 Å². The largest absolute Gasteiger partial charge is 0.357 e. The molecule has 0 radical (unpaired) electrons. The van der Waals surface area contributed by atoms with Gasteiger partial charge in [0.1, 0.15) is 6.04 Å². The molecule has 22 heavy (non-hydrogen) atoms. The Morgan fingerprint density at radius 3 is 2.50 bits per heavy atom. The van der Waals surface area contributed by atoms with Gasteiger partial charge in [-0.25, -0.2) is 4.79 Å². The summed E-state index contributed by atoms with van der Waals surface area (Å²) < 4.78 is 0. The molecule has 0 aromatic rings. The number of amides is 3. The summed E-state index contributed by atoms with van der Waals surface area (Å²) in [7, 11) is 1.63. The van der Waals surface area contributed by atoms with Gasteiger partial charge in [-0.1, -0.05) is 26.2 Å². The Hall–Kier alpha value is -1.26. The molecule has 5 nitrogen and oxygen atoms in total. The number of likely N-dealkylation sites (tertiary alicyclic amines) is 1. The Morgan fingerprint density at radius 1 is 1.14 bits per heavy atom. The summed E-state index contributed by atoms with van der Waals surface area (Å²) in [6.45, 7) is 2.93. The van der Waals surface area contributed by atoms with E-state index in [0.29, 0.717) is 6.54 Å². The molecule has 0 aromatic heterocycles. The molecule has 0 bridgehead atoms. The number of rotatable bonds is 5. The van der Waals surface area contributed by atoms with Gasteiger partial charge in [-0.05, 0) is 44.4 Å². The van der Waals surface area contributed by atoms with Crippen molar-refractivity contribution >= 4 is 11.9 Å². The van der Waals surface area contributed by atoms with Crippen LogP contribution in [0.5, 0.6) is 0 Å². The molecular weight excluding hydrogens is 278 g/mol. The maximum Gasteiger partial charge on any atom is 0.318 e. The molecule has 1 saturated heterocycles. The van der Waals surface area contributed by atoms with Gasteiger partial charge in [0.15, 0.2) is 0 Å². The predicted molar refractivity (Wildman–Crippen MR) is 87.6 cm³/mol. The van der Waals surface area contributed by atoms with Crippen LogP contribution >= 0.6 is 0 Å². The monoisotopic (exact) mass is 309 g/mol. The van der Waals surface area contributed by atoms with Crippen molar-refractivity contribution in [3.63, 3.8) is 0 Å². The highest BCUT2D eigenvalue weighted by Crippen LogP contribution is 2.28. The Bertz CT molecular complexity index is 378. The molecule has 2 fully saturated rings. The van der Waals surface area contributed by atoms with E-state index >= 15 is 0 Å². The van der Waals surface area contributed by atoms with Crippen LogP contribution in [-0.4, -0.2) is 42.5 Å². The van der Waals surface area contributed by atoms with E-state index in [-0.39, 0.29) is 24.0 Å². The van der Waals surface area contributed by atoms with Gasteiger partial charge >= 0.3 is 6.03 Å². The average molecular weight is 309 g/mol. The summed E-state index contributed by atoms with van der Waals surface area (Å²) >= 11 is 0. The van der Waals surface area contributed by atoms with Crippen LogP contribution in [-0.2, 0) is 4.79 Å². The van der Waals surface area contributed by atoms with E-state index in [0.717, 1.165) is 31.6 Å². The van der Waals surface area contributed by atoms with Crippen molar-refractivity contribution in [1.82, 2.24) is 15.5 Å². The quantitative estimate of drug-likeness (QED) is 0.820. The summed E-state index contributed by atoms with van der Waals surface area (Å²) in [6, 6.07) is -0.0506. The molecule has 126 valence electrons. The molecular formula is C17H31N3O2. The number of hydrogen-bond acceptors (Lipinski definition) is 2. The number of nitrogens with one attached hydrogen (secondary N) is 2. The fourth-order valence-electron chi connectivity index (χ4n) is 3.79. The van der Waals surface area contributed by atoms with Crippen molar-refractivity contribution in [3.05, 3.63) is 0 Å². The molecule has 0 spiro atoms. The van der Waals surface area contributed by atoms with Gasteiger partial charge in [0.2, 0.25) is 5.91 Å². The van der Waals surface area contributed by atoms with E-state index in [1.54, 1.807) is 11.9 Å². The number of urea groups is 1. The highest BCUT2D eigenvalue weighted by atomic mass is 16.2. The van der Waals surface area contributed by atoms with E-state index in [1.165, 1.54) is 32.1 Å². The topological polar surface area (TPSA) is 61.4 Å². The highest BCUT2D eigenvalue weighted by Gasteiger charge is 2.34. The molecule has 5 heteroatoms. The van der Waals surface area contributed by atoms with Crippen LogP contribution in [0, 0.1) is 5.92 Å². The summed E-state index contributed by atoms with van der Waals surface area (Å²) in [5.41, 5.74) is 0. The van der Waals surface area contributed by atoms with E-state index in [9.17, 15) is 9.59 Å². The number of carbonyl (C=O) groups is 2. The number of nitrogens with zero attached hydrogens (tertiary/aromatic N) is 1.